The summed E-state index contributed by atoms with van der Waals surface area (Å²) in [5.41, 5.74) is 0.624. The van der Waals surface area contributed by atoms with E-state index in [9.17, 15) is 4.79 Å². The van der Waals surface area contributed by atoms with E-state index in [1.807, 2.05) is 6.07 Å². The fourth-order valence-electron chi connectivity index (χ4n) is 1.08. The molecule has 6 heteroatoms. The van der Waals surface area contributed by atoms with Crippen LogP contribution in [0.4, 0.5) is 5.69 Å². The van der Waals surface area contributed by atoms with Gasteiger partial charge in [-0.25, -0.2) is 4.98 Å². The number of carbonyl (C=O) groups is 1. The first-order chi connectivity index (χ1) is 7.65. The molecule has 82 valence electrons. The number of aromatic nitrogens is 1. The number of amides is 1. The van der Waals surface area contributed by atoms with Crippen molar-refractivity contribution in [2.45, 2.75) is 0 Å². The first-order valence-corrected chi connectivity index (χ1v) is 6.32. The molecule has 16 heavy (non-hydrogen) atoms. The Morgan fingerprint density at radius 1 is 1.38 bits per heavy atom. The number of rotatable bonds is 2. The third kappa shape index (κ3) is 2.81. The first kappa shape index (κ1) is 11.6. The van der Waals surface area contributed by atoms with Crippen LogP contribution in [0.5, 0.6) is 0 Å². The highest BCUT2D eigenvalue weighted by Crippen LogP contribution is 2.23. The lowest BCUT2D eigenvalue weighted by atomic mass is 10.4. The highest BCUT2D eigenvalue weighted by molar-refractivity contribution is 9.11. The second-order valence-electron chi connectivity index (χ2n) is 2.93. The molecule has 0 aliphatic carbocycles. The Balaban J connectivity index is 2.10. The van der Waals surface area contributed by atoms with E-state index in [1.54, 1.807) is 18.2 Å². The van der Waals surface area contributed by atoms with Crippen LogP contribution in [0, 0.1) is 0 Å². The molecule has 2 aromatic rings. The van der Waals surface area contributed by atoms with Crippen molar-refractivity contribution >= 4 is 50.5 Å². The van der Waals surface area contributed by atoms with Crippen molar-refractivity contribution < 1.29 is 4.79 Å². The van der Waals surface area contributed by atoms with Crippen molar-refractivity contribution in [1.29, 1.82) is 0 Å². The molecule has 0 bridgehead atoms. The third-order valence-electron chi connectivity index (χ3n) is 1.78. The molecule has 1 N–H and O–H groups in total. The maximum Gasteiger partial charge on any atom is 0.265 e. The summed E-state index contributed by atoms with van der Waals surface area (Å²) < 4.78 is 0.923. The second-order valence-corrected chi connectivity index (χ2v) is 5.78. The minimum absolute atomic E-state index is 0.153. The number of pyridine rings is 1. The zero-order valence-corrected chi connectivity index (χ0v) is 11.1. The molecule has 0 aliphatic heterocycles. The minimum atomic E-state index is -0.153. The highest BCUT2D eigenvalue weighted by atomic mass is 79.9. The van der Waals surface area contributed by atoms with Crippen LogP contribution in [0.15, 0.2) is 34.2 Å². The Kier molecular flexibility index (Phi) is 3.58. The van der Waals surface area contributed by atoms with Crippen LogP contribution in [0.3, 0.4) is 0 Å². The van der Waals surface area contributed by atoms with E-state index in [2.05, 4.69) is 26.2 Å². The van der Waals surface area contributed by atoms with Gasteiger partial charge in [-0.1, -0.05) is 11.6 Å². The van der Waals surface area contributed by atoms with Crippen LogP contribution in [0.2, 0.25) is 5.15 Å². The lowest BCUT2D eigenvalue weighted by Crippen LogP contribution is -2.10. The maximum atomic E-state index is 11.7. The van der Waals surface area contributed by atoms with Crippen LogP contribution in [0.25, 0.3) is 0 Å². The fourth-order valence-corrected chi connectivity index (χ4v) is 2.47. The summed E-state index contributed by atoms with van der Waals surface area (Å²) in [5, 5.41) is 3.13. The van der Waals surface area contributed by atoms with Gasteiger partial charge in [0.2, 0.25) is 0 Å². The molecule has 3 nitrogen and oxygen atoms in total. The van der Waals surface area contributed by atoms with Gasteiger partial charge in [0.25, 0.3) is 5.91 Å². The average Bonchev–Trinajstić information content (AvgIpc) is 2.68. The van der Waals surface area contributed by atoms with Crippen LogP contribution in [-0.4, -0.2) is 10.9 Å². The number of hydrogen-bond donors (Lipinski definition) is 1. The second kappa shape index (κ2) is 4.95. The molecule has 2 heterocycles. The van der Waals surface area contributed by atoms with E-state index in [0.717, 1.165) is 3.79 Å². The number of halogens is 2. The first-order valence-electron chi connectivity index (χ1n) is 4.33. The predicted octanol–water partition coefficient (Wildman–Crippen LogP) is 3.81. The molecular formula is C10H6BrClN2OS. The van der Waals surface area contributed by atoms with E-state index in [0.29, 0.717) is 15.7 Å². The van der Waals surface area contributed by atoms with Crippen molar-refractivity contribution in [1.82, 2.24) is 4.98 Å². The largest absolute Gasteiger partial charge is 0.320 e. The molecule has 0 unspecified atom stereocenters. The molecule has 1 amide bonds. The van der Waals surface area contributed by atoms with Crippen LogP contribution in [-0.2, 0) is 0 Å². The molecule has 0 atom stereocenters. The van der Waals surface area contributed by atoms with Crippen molar-refractivity contribution in [3.8, 4) is 0 Å². The third-order valence-corrected chi connectivity index (χ3v) is 3.63. The van der Waals surface area contributed by atoms with Crippen LogP contribution < -0.4 is 5.32 Å². The zero-order chi connectivity index (χ0) is 11.5. The van der Waals surface area contributed by atoms with Gasteiger partial charge in [0.15, 0.2) is 0 Å². The summed E-state index contributed by atoms with van der Waals surface area (Å²) in [7, 11) is 0. The number of carbonyl (C=O) groups excluding carboxylic acids is 1. The summed E-state index contributed by atoms with van der Waals surface area (Å²) in [6.07, 6.45) is 1.52. The Bertz CT molecular complexity index is 512. The van der Waals surface area contributed by atoms with Gasteiger partial charge in [0.05, 0.1) is 20.5 Å². The summed E-state index contributed by atoms with van der Waals surface area (Å²) >= 11 is 10.3. The summed E-state index contributed by atoms with van der Waals surface area (Å²) in [6.45, 7) is 0. The van der Waals surface area contributed by atoms with Gasteiger partial charge in [-0.05, 0) is 40.2 Å². The Labute approximate surface area is 110 Å². The smallest absolute Gasteiger partial charge is 0.265 e. The highest BCUT2D eigenvalue weighted by Gasteiger charge is 2.08. The zero-order valence-electron chi connectivity index (χ0n) is 7.91. The summed E-state index contributed by atoms with van der Waals surface area (Å²) in [4.78, 5) is 16.2. The van der Waals surface area contributed by atoms with E-state index < -0.39 is 0 Å². The van der Waals surface area contributed by atoms with E-state index in [-0.39, 0.29) is 5.91 Å². The molecule has 0 saturated heterocycles. The van der Waals surface area contributed by atoms with Gasteiger partial charge in [-0.3, -0.25) is 4.79 Å². The summed E-state index contributed by atoms with van der Waals surface area (Å²) in [6, 6.07) is 6.92. The molecule has 0 fully saturated rings. The standard InChI is InChI=1S/C10H6BrClN2OS/c11-8-3-2-7(16-8)10(15)14-6-1-4-9(12)13-5-6/h1-5H,(H,14,15). The van der Waals surface area contributed by atoms with Crippen molar-refractivity contribution in [3.63, 3.8) is 0 Å². The topological polar surface area (TPSA) is 42.0 Å². The van der Waals surface area contributed by atoms with Crippen molar-refractivity contribution in [3.05, 3.63) is 44.3 Å². The molecule has 0 aromatic carbocycles. The Morgan fingerprint density at radius 2 is 2.19 bits per heavy atom. The molecule has 2 aromatic heterocycles. The quantitative estimate of drug-likeness (QED) is 0.856. The number of nitrogens with one attached hydrogen (secondary N) is 1. The van der Waals surface area contributed by atoms with Gasteiger partial charge in [0.1, 0.15) is 5.15 Å². The Morgan fingerprint density at radius 3 is 2.75 bits per heavy atom. The van der Waals surface area contributed by atoms with Crippen molar-refractivity contribution in [2.24, 2.45) is 0 Å². The van der Waals surface area contributed by atoms with E-state index in [4.69, 9.17) is 11.6 Å². The molecular weight excluding hydrogens is 312 g/mol. The van der Waals surface area contributed by atoms with Crippen molar-refractivity contribution in [2.75, 3.05) is 5.32 Å². The lowest BCUT2D eigenvalue weighted by Gasteiger charge is -2.02. The number of hydrogen-bond acceptors (Lipinski definition) is 3. The number of thiophene rings is 1. The van der Waals surface area contributed by atoms with Crippen LogP contribution >= 0.6 is 38.9 Å². The predicted molar refractivity (Wildman–Crippen MR) is 69.2 cm³/mol. The Hall–Kier alpha value is -0.910. The number of nitrogens with zero attached hydrogens (tertiary/aromatic N) is 1. The monoisotopic (exact) mass is 316 g/mol. The fraction of sp³-hybridized carbons (Fsp3) is 0. The lowest BCUT2D eigenvalue weighted by molar-refractivity contribution is 0.103. The maximum absolute atomic E-state index is 11.7. The summed E-state index contributed by atoms with van der Waals surface area (Å²) in [5.74, 6) is -0.153. The van der Waals surface area contributed by atoms with Gasteiger partial charge in [-0.2, -0.15) is 0 Å². The normalized spacial score (nSPS) is 10.1. The minimum Gasteiger partial charge on any atom is -0.320 e. The molecule has 0 radical (unpaired) electrons. The van der Waals surface area contributed by atoms with Gasteiger partial charge in [-0.15, -0.1) is 11.3 Å². The van der Waals surface area contributed by atoms with E-state index in [1.165, 1.54) is 17.5 Å². The SMILES string of the molecule is O=C(Nc1ccc(Cl)nc1)c1ccc(Br)s1. The molecule has 0 aliphatic rings. The molecule has 0 spiro atoms. The molecule has 2 rings (SSSR count). The van der Waals surface area contributed by atoms with Crippen LogP contribution in [0.1, 0.15) is 9.67 Å². The van der Waals surface area contributed by atoms with E-state index >= 15 is 0 Å². The van der Waals surface area contributed by atoms with Gasteiger partial charge in [0, 0.05) is 0 Å². The van der Waals surface area contributed by atoms with Gasteiger partial charge < -0.3 is 5.32 Å². The number of anilines is 1. The average molecular weight is 318 g/mol. The van der Waals surface area contributed by atoms with Gasteiger partial charge >= 0.3 is 0 Å². The molecule has 0 saturated carbocycles.